The maximum atomic E-state index is 9.38. The van der Waals surface area contributed by atoms with Crippen molar-refractivity contribution in [2.45, 2.75) is 39.2 Å². The molecular weight excluding hydrogens is 336 g/mol. The van der Waals surface area contributed by atoms with Gasteiger partial charge in [0, 0.05) is 37.1 Å². The van der Waals surface area contributed by atoms with E-state index in [4.69, 9.17) is 11.6 Å². The molecule has 6 nitrogen and oxygen atoms in total. The van der Waals surface area contributed by atoms with Gasteiger partial charge in [-0.25, -0.2) is 15.0 Å². The summed E-state index contributed by atoms with van der Waals surface area (Å²) in [5, 5.41) is 13.3. The molecule has 0 unspecified atom stereocenters. The van der Waals surface area contributed by atoms with Gasteiger partial charge in [-0.05, 0) is 31.7 Å². The smallest absolute Gasteiger partial charge is 0.144 e. The predicted molar refractivity (Wildman–Crippen MR) is 99.0 cm³/mol. The lowest BCUT2D eigenvalue weighted by molar-refractivity contribution is 0.522. The monoisotopic (exact) mass is 356 g/mol. The Hall–Kier alpha value is -2.39. The fraction of sp³-hybridized carbons (Fsp3) is 0.444. The second-order valence-electron chi connectivity index (χ2n) is 6.19. The highest BCUT2D eigenvalue weighted by Crippen LogP contribution is 2.26. The number of nitrogens with zero attached hydrogens (tertiary/aromatic N) is 5. The molecule has 1 fully saturated rings. The molecule has 0 bridgehead atoms. The Morgan fingerprint density at radius 2 is 2.08 bits per heavy atom. The number of nitriles is 1. The van der Waals surface area contributed by atoms with E-state index in [1.165, 1.54) is 0 Å². The highest BCUT2D eigenvalue weighted by molar-refractivity contribution is 6.31. The number of nitrogens with one attached hydrogen (secondary N) is 1. The summed E-state index contributed by atoms with van der Waals surface area (Å²) in [4.78, 5) is 15.2. The number of hydrogen-bond donors (Lipinski definition) is 1. The zero-order valence-electron chi connectivity index (χ0n) is 14.5. The molecule has 1 aliphatic heterocycles. The van der Waals surface area contributed by atoms with E-state index in [1.54, 1.807) is 12.5 Å². The Labute approximate surface area is 152 Å². The standard InChI is InChI=1S/C18H21ClN6/c1-3-13-8-17(23-11-22-13)25-6-4-14(5-7-25)24-18-15(9-20)12(2)16(19)10-21-18/h8,10-11,14H,3-7H2,1-2H3,(H,21,24). The third-order valence-electron chi connectivity index (χ3n) is 4.62. The largest absolute Gasteiger partial charge is 0.366 e. The normalized spacial score (nSPS) is 15.0. The van der Waals surface area contributed by atoms with Crippen molar-refractivity contribution in [1.82, 2.24) is 15.0 Å². The number of rotatable bonds is 4. The zero-order chi connectivity index (χ0) is 17.8. The van der Waals surface area contributed by atoms with Crippen LogP contribution in [0.2, 0.25) is 5.02 Å². The first-order chi connectivity index (χ1) is 12.1. The van der Waals surface area contributed by atoms with Crippen molar-refractivity contribution < 1.29 is 0 Å². The molecule has 3 heterocycles. The van der Waals surface area contributed by atoms with Gasteiger partial charge in [-0.2, -0.15) is 5.26 Å². The Morgan fingerprint density at radius 1 is 1.32 bits per heavy atom. The van der Waals surface area contributed by atoms with Crippen molar-refractivity contribution in [1.29, 1.82) is 5.26 Å². The number of halogens is 1. The van der Waals surface area contributed by atoms with E-state index in [0.29, 0.717) is 16.4 Å². The molecule has 130 valence electrons. The first kappa shape index (κ1) is 17.4. The fourth-order valence-electron chi connectivity index (χ4n) is 3.02. The maximum Gasteiger partial charge on any atom is 0.144 e. The van der Waals surface area contributed by atoms with Crippen LogP contribution in [0, 0.1) is 18.3 Å². The van der Waals surface area contributed by atoms with E-state index in [2.05, 4.69) is 44.2 Å². The van der Waals surface area contributed by atoms with E-state index in [1.807, 2.05) is 6.92 Å². The molecule has 1 aliphatic rings. The molecule has 0 spiro atoms. The summed E-state index contributed by atoms with van der Waals surface area (Å²) in [7, 11) is 0. The summed E-state index contributed by atoms with van der Waals surface area (Å²) in [6.07, 6.45) is 6.06. The van der Waals surface area contributed by atoms with Crippen molar-refractivity contribution in [3.05, 3.63) is 40.4 Å². The van der Waals surface area contributed by atoms with Gasteiger partial charge >= 0.3 is 0 Å². The van der Waals surface area contributed by atoms with Crippen LogP contribution in [0.4, 0.5) is 11.6 Å². The lowest BCUT2D eigenvalue weighted by Gasteiger charge is -2.33. The molecule has 0 saturated carbocycles. The average Bonchev–Trinajstić information content (AvgIpc) is 2.66. The van der Waals surface area contributed by atoms with E-state index in [0.717, 1.165) is 49.4 Å². The molecule has 7 heteroatoms. The third-order valence-corrected chi connectivity index (χ3v) is 5.00. The van der Waals surface area contributed by atoms with Gasteiger partial charge in [-0.1, -0.05) is 18.5 Å². The van der Waals surface area contributed by atoms with Crippen LogP contribution in [0.25, 0.3) is 0 Å². The Balaban J connectivity index is 1.65. The van der Waals surface area contributed by atoms with Gasteiger partial charge < -0.3 is 10.2 Å². The van der Waals surface area contributed by atoms with Crippen LogP contribution in [0.15, 0.2) is 18.6 Å². The topological polar surface area (TPSA) is 77.7 Å². The van der Waals surface area contributed by atoms with Gasteiger partial charge in [0.2, 0.25) is 0 Å². The number of pyridine rings is 1. The molecule has 3 rings (SSSR count). The molecule has 0 aromatic carbocycles. The Morgan fingerprint density at radius 3 is 2.76 bits per heavy atom. The molecule has 2 aromatic heterocycles. The molecule has 1 N–H and O–H groups in total. The summed E-state index contributed by atoms with van der Waals surface area (Å²) in [6, 6.07) is 4.55. The Bertz CT molecular complexity index is 793. The quantitative estimate of drug-likeness (QED) is 0.905. The molecule has 1 saturated heterocycles. The summed E-state index contributed by atoms with van der Waals surface area (Å²) < 4.78 is 0. The van der Waals surface area contributed by atoms with Gasteiger partial charge in [-0.15, -0.1) is 0 Å². The molecule has 2 aromatic rings. The van der Waals surface area contributed by atoms with Crippen LogP contribution in [-0.4, -0.2) is 34.1 Å². The van der Waals surface area contributed by atoms with Gasteiger partial charge in [0.25, 0.3) is 0 Å². The molecule has 0 atom stereocenters. The second-order valence-corrected chi connectivity index (χ2v) is 6.60. The number of aromatic nitrogens is 3. The van der Waals surface area contributed by atoms with Crippen molar-refractivity contribution >= 4 is 23.2 Å². The van der Waals surface area contributed by atoms with E-state index < -0.39 is 0 Å². The van der Waals surface area contributed by atoms with Gasteiger partial charge in [0.15, 0.2) is 0 Å². The van der Waals surface area contributed by atoms with Crippen LogP contribution < -0.4 is 10.2 Å². The summed E-state index contributed by atoms with van der Waals surface area (Å²) in [5.41, 5.74) is 2.36. The van der Waals surface area contributed by atoms with Crippen molar-refractivity contribution in [2.24, 2.45) is 0 Å². The van der Waals surface area contributed by atoms with Crippen LogP contribution in [-0.2, 0) is 6.42 Å². The summed E-state index contributed by atoms with van der Waals surface area (Å²) in [6.45, 7) is 5.76. The summed E-state index contributed by atoms with van der Waals surface area (Å²) >= 11 is 6.06. The van der Waals surface area contributed by atoms with Gasteiger partial charge in [0.05, 0.1) is 10.6 Å². The third kappa shape index (κ3) is 3.83. The number of hydrogen-bond acceptors (Lipinski definition) is 6. The zero-order valence-corrected chi connectivity index (χ0v) is 15.2. The lowest BCUT2D eigenvalue weighted by Crippen LogP contribution is -2.39. The lowest BCUT2D eigenvalue weighted by atomic mass is 10.0. The van der Waals surface area contributed by atoms with Crippen molar-refractivity contribution in [2.75, 3.05) is 23.3 Å². The number of piperidine rings is 1. The van der Waals surface area contributed by atoms with E-state index in [9.17, 15) is 5.26 Å². The van der Waals surface area contributed by atoms with Crippen LogP contribution >= 0.6 is 11.6 Å². The minimum absolute atomic E-state index is 0.281. The fourth-order valence-corrected chi connectivity index (χ4v) is 3.17. The molecule has 0 aliphatic carbocycles. The highest BCUT2D eigenvalue weighted by Gasteiger charge is 2.22. The predicted octanol–water partition coefficient (Wildman–Crippen LogP) is 3.35. The molecule has 0 radical (unpaired) electrons. The van der Waals surface area contributed by atoms with E-state index >= 15 is 0 Å². The maximum absolute atomic E-state index is 9.38. The van der Waals surface area contributed by atoms with Crippen LogP contribution in [0.5, 0.6) is 0 Å². The minimum atomic E-state index is 0.281. The summed E-state index contributed by atoms with van der Waals surface area (Å²) in [5.74, 6) is 1.61. The van der Waals surface area contributed by atoms with Crippen LogP contribution in [0.1, 0.15) is 36.6 Å². The van der Waals surface area contributed by atoms with Crippen molar-refractivity contribution in [3.63, 3.8) is 0 Å². The second kappa shape index (κ2) is 7.66. The number of aryl methyl sites for hydroxylation is 1. The highest BCUT2D eigenvalue weighted by atomic mass is 35.5. The van der Waals surface area contributed by atoms with Crippen molar-refractivity contribution in [3.8, 4) is 6.07 Å². The molecule has 0 amide bonds. The number of anilines is 2. The van der Waals surface area contributed by atoms with Gasteiger partial charge in [-0.3, -0.25) is 0 Å². The van der Waals surface area contributed by atoms with E-state index in [-0.39, 0.29) is 6.04 Å². The first-order valence-corrected chi connectivity index (χ1v) is 8.87. The molecular formula is C18H21ClN6. The van der Waals surface area contributed by atoms with Gasteiger partial charge in [0.1, 0.15) is 24.0 Å². The first-order valence-electron chi connectivity index (χ1n) is 8.50. The minimum Gasteiger partial charge on any atom is -0.366 e. The molecule has 25 heavy (non-hydrogen) atoms. The Kier molecular flexibility index (Phi) is 5.34. The SMILES string of the molecule is CCc1cc(N2CCC(Nc3ncc(Cl)c(C)c3C#N)CC2)ncn1. The average molecular weight is 357 g/mol. The van der Waals surface area contributed by atoms with Crippen LogP contribution in [0.3, 0.4) is 0 Å².